The Hall–Kier alpha value is -1.96. The largest absolute Gasteiger partial charge is 0.481 e. The van der Waals surface area contributed by atoms with Gasteiger partial charge in [0.1, 0.15) is 5.75 Å². The predicted octanol–water partition coefficient (Wildman–Crippen LogP) is 1.97. The molecule has 4 N–H and O–H groups in total. The van der Waals surface area contributed by atoms with E-state index in [0.717, 1.165) is 37.8 Å². The van der Waals surface area contributed by atoms with E-state index in [-0.39, 0.29) is 24.2 Å². The lowest BCUT2D eigenvalue weighted by molar-refractivity contribution is -0.142. The average Bonchev–Trinajstić information content (AvgIpc) is 2.59. The summed E-state index contributed by atoms with van der Waals surface area (Å²) in [5.41, 5.74) is 0.316. The Labute approximate surface area is 160 Å². The molecule has 1 fully saturated rings. The third kappa shape index (κ3) is 6.93. The first-order valence-corrected chi connectivity index (χ1v) is 9.20. The maximum Gasteiger partial charge on any atom is 0.311 e. The molecule has 7 heteroatoms. The molecule has 0 heterocycles. The van der Waals surface area contributed by atoms with Crippen LogP contribution in [0.15, 0.2) is 24.3 Å². The van der Waals surface area contributed by atoms with Crippen LogP contribution in [0.25, 0.3) is 0 Å². The van der Waals surface area contributed by atoms with Gasteiger partial charge in [0.05, 0.1) is 18.4 Å². The van der Waals surface area contributed by atoms with E-state index in [1.54, 1.807) is 12.1 Å². The van der Waals surface area contributed by atoms with Crippen LogP contribution in [0.3, 0.4) is 0 Å². The number of ether oxygens (including phenoxy) is 1. The number of esters is 1. The van der Waals surface area contributed by atoms with E-state index < -0.39 is 17.5 Å². The summed E-state index contributed by atoms with van der Waals surface area (Å²) < 4.78 is 5.18. The molecule has 1 unspecified atom stereocenters. The summed E-state index contributed by atoms with van der Waals surface area (Å²) in [6, 6.07) is 7.20. The minimum Gasteiger partial charge on any atom is -0.481 e. The van der Waals surface area contributed by atoms with Crippen LogP contribution in [-0.4, -0.2) is 58.8 Å². The molecule has 1 aliphatic rings. The minimum atomic E-state index is -1.02. The SMILES string of the molecule is CN(C)CC(c1ccc(OC(=O)CCC(=O)O)cc1)C1(O)CCCCC1.O. The van der Waals surface area contributed by atoms with E-state index in [1.165, 1.54) is 6.42 Å². The topological polar surface area (TPSA) is 119 Å². The van der Waals surface area contributed by atoms with Crippen LogP contribution < -0.4 is 4.74 Å². The zero-order valence-corrected chi connectivity index (χ0v) is 16.1. The number of carboxylic acids is 1. The van der Waals surface area contributed by atoms with Crippen LogP contribution in [-0.2, 0) is 9.59 Å². The lowest BCUT2D eigenvalue weighted by atomic mass is 9.72. The number of rotatable bonds is 8. The number of benzene rings is 1. The Bertz CT molecular complexity index is 607. The van der Waals surface area contributed by atoms with Crippen molar-refractivity contribution in [2.24, 2.45) is 0 Å². The van der Waals surface area contributed by atoms with Gasteiger partial charge in [-0.15, -0.1) is 0 Å². The maximum absolute atomic E-state index is 11.6. The van der Waals surface area contributed by atoms with Gasteiger partial charge in [0.15, 0.2) is 0 Å². The Morgan fingerprint density at radius 3 is 2.22 bits per heavy atom. The fraction of sp³-hybridized carbons (Fsp3) is 0.600. The van der Waals surface area contributed by atoms with Crippen LogP contribution >= 0.6 is 0 Å². The Morgan fingerprint density at radius 1 is 1.11 bits per heavy atom. The van der Waals surface area contributed by atoms with Gasteiger partial charge in [-0.25, -0.2) is 0 Å². The number of carbonyl (C=O) groups is 2. The van der Waals surface area contributed by atoms with Crippen molar-refractivity contribution in [3.05, 3.63) is 29.8 Å². The molecule has 1 aromatic carbocycles. The van der Waals surface area contributed by atoms with Gasteiger partial charge in [0, 0.05) is 12.5 Å². The molecule has 152 valence electrons. The van der Waals surface area contributed by atoms with E-state index in [2.05, 4.69) is 4.90 Å². The van der Waals surface area contributed by atoms with Gasteiger partial charge in [-0.1, -0.05) is 31.4 Å². The Kier molecular flexibility index (Phi) is 8.88. The van der Waals surface area contributed by atoms with E-state index in [9.17, 15) is 14.7 Å². The fourth-order valence-corrected chi connectivity index (χ4v) is 3.62. The molecule has 2 rings (SSSR count). The molecule has 7 nitrogen and oxygen atoms in total. The van der Waals surface area contributed by atoms with Gasteiger partial charge in [-0.3, -0.25) is 9.59 Å². The second-order valence-electron chi connectivity index (χ2n) is 7.42. The van der Waals surface area contributed by atoms with E-state index in [0.29, 0.717) is 5.75 Å². The molecule has 1 aromatic rings. The molecule has 1 saturated carbocycles. The Balaban J connectivity index is 0.00000364. The van der Waals surface area contributed by atoms with Crippen molar-refractivity contribution in [2.45, 2.75) is 56.5 Å². The monoisotopic (exact) mass is 381 g/mol. The number of carboxylic acid groups (broad SMARTS) is 1. The van der Waals surface area contributed by atoms with Crippen LogP contribution in [0.2, 0.25) is 0 Å². The number of aliphatic hydroxyl groups is 1. The van der Waals surface area contributed by atoms with Gasteiger partial charge in [0.25, 0.3) is 0 Å². The van der Waals surface area contributed by atoms with E-state index in [4.69, 9.17) is 9.84 Å². The molecule has 27 heavy (non-hydrogen) atoms. The van der Waals surface area contributed by atoms with Crippen molar-refractivity contribution in [1.82, 2.24) is 4.90 Å². The van der Waals surface area contributed by atoms with Crippen LogP contribution in [0, 0.1) is 0 Å². The second kappa shape index (κ2) is 10.4. The fourth-order valence-electron chi connectivity index (χ4n) is 3.62. The summed E-state index contributed by atoms with van der Waals surface area (Å²) in [5, 5.41) is 19.8. The highest BCUT2D eigenvalue weighted by atomic mass is 16.5. The summed E-state index contributed by atoms with van der Waals surface area (Å²) in [6.07, 6.45) is 4.46. The van der Waals surface area contributed by atoms with Crippen LogP contribution in [0.5, 0.6) is 5.75 Å². The van der Waals surface area contributed by atoms with Crippen LogP contribution in [0.1, 0.15) is 56.4 Å². The highest BCUT2D eigenvalue weighted by Gasteiger charge is 2.38. The average molecular weight is 381 g/mol. The van der Waals surface area contributed by atoms with Crippen molar-refractivity contribution >= 4 is 11.9 Å². The molecule has 0 aromatic heterocycles. The first kappa shape index (κ1) is 23.1. The molecular formula is C20H31NO6. The summed E-state index contributed by atoms with van der Waals surface area (Å²) in [6.45, 7) is 0.744. The van der Waals surface area contributed by atoms with Gasteiger partial charge in [-0.2, -0.15) is 0 Å². The highest BCUT2D eigenvalue weighted by Crippen LogP contribution is 2.40. The smallest absolute Gasteiger partial charge is 0.311 e. The second-order valence-corrected chi connectivity index (χ2v) is 7.42. The molecule has 0 amide bonds. The van der Waals surface area contributed by atoms with E-state index in [1.807, 2.05) is 26.2 Å². The van der Waals surface area contributed by atoms with Crippen LogP contribution in [0.4, 0.5) is 0 Å². The number of hydrogen-bond donors (Lipinski definition) is 2. The lowest BCUT2D eigenvalue weighted by Gasteiger charge is -2.40. The minimum absolute atomic E-state index is 0. The predicted molar refractivity (Wildman–Crippen MR) is 102 cm³/mol. The molecule has 0 saturated heterocycles. The first-order chi connectivity index (χ1) is 12.3. The molecule has 0 spiro atoms. The van der Waals surface area contributed by atoms with Gasteiger partial charge in [-0.05, 0) is 44.6 Å². The summed E-state index contributed by atoms with van der Waals surface area (Å²) >= 11 is 0. The number of aliphatic carboxylic acids is 1. The lowest BCUT2D eigenvalue weighted by Crippen LogP contribution is -2.42. The zero-order chi connectivity index (χ0) is 19.2. The third-order valence-corrected chi connectivity index (χ3v) is 4.97. The third-order valence-electron chi connectivity index (χ3n) is 4.97. The quantitative estimate of drug-likeness (QED) is 0.525. The maximum atomic E-state index is 11.6. The number of nitrogens with zero attached hydrogens (tertiary/aromatic N) is 1. The molecule has 0 aliphatic heterocycles. The number of likely N-dealkylation sites (N-methyl/N-ethyl adjacent to an activating group) is 1. The summed E-state index contributed by atoms with van der Waals surface area (Å²) in [4.78, 5) is 24.2. The molecule has 0 bridgehead atoms. The molecule has 1 atom stereocenters. The van der Waals surface area contributed by atoms with Gasteiger partial charge >= 0.3 is 11.9 Å². The van der Waals surface area contributed by atoms with E-state index >= 15 is 0 Å². The molecule has 1 aliphatic carbocycles. The van der Waals surface area contributed by atoms with Crippen molar-refractivity contribution in [1.29, 1.82) is 0 Å². The molecular weight excluding hydrogens is 350 g/mol. The number of hydrogen-bond acceptors (Lipinski definition) is 5. The van der Waals surface area contributed by atoms with Gasteiger partial charge < -0.3 is 25.3 Å². The molecule has 0 radical (unpaired) electrons. The van der Waals surface area contributed by atoms with Gasteiger partial charge in [0.2, 0.25) is 0 Å². The normalized spacial score (nSPS) is 17.0. The summed E-state index contributed by atoms with van der Waals surface area (Å²) in [5.74, 6) is -1.20. The highest BCUT2D eigenvalue weighted by molar-refractivity contribution is 5.78. The van der Waals surface area contributed by atoms with Crippen molar-refractivity contribution in [3.63, 3.8) is 0 Å². The number of carbonyl (C=O) groups excluding carboxylic acids is 1. The first-order valence-electron chi connectivity index (χ1n) is 9.20. The Morgan fingerprint density at radius 2 is 1.70 bits per heavy atom. The summed E-state index contributed by atoms with van der Waals surface area (Å²) in [7, 11) is 4.00. The standard InChI is InChI=1S/C20H29NO5.H2O/c1-21(2)14-17(20(25)12-4-3-5-13-20)15-6-8-16(9-7-15)26-19(24)11-10-18(22)23;/h6-9,17,25H,3-5,10-14H2,1-2H3,(H,22,23);1H2. The zero-order valence-electron chi connectivity index (χ0n) is 16.1. The van der Waals surface area contributed by atoms with Crippen molar-refractivity contribution in [3.8, 4) is 5.75 Å². The van der Waals surface area contributed by atoms with Crippen molar-refractivity contribution < 1.29 is 30.0 Å². The van der Waals surface area contributed by atoms with Crippen molar-refractivity contribution in [2.75, 3.05) is 20.6 Å².